The van der Waals surface area contributed by atoms with Crippen molar-refractivity contribution in [2.75, 3.05) is 7.05 Å². The van der Waals surface area contributed by atoms with E-state index in [1.807, 2.05) is 37.5 Å². The lowest BCUT2D eigenvalue weighted by molar-refractivity contribution is 0.315. The molecule has 0 bridgehead atoms. The van der Waals surface area contributed by atoms with Crippen LogP contribution >= 0.6 is 0 Å². The van der Waals surface area contributed by atoms with Crippen LogP contribution in [0, 0.1) is 11.3 Å². The lowest BCUT2D eigenvalue weighted by Gasteiger charge is -2.17. The summed E-state index contributed by atoms with van der Waals surface area (Å²) >= 11 is 0. The van der Waals surface area contributed by atoms with Gasteiger partial charge in [0.15, 0.2) is 0 Å². The van der Waals surface area contributed by atoms with Crippen LogP contribution in [0.4, 0.5) is 0 Å². The molecule has 1 heterocycles. The van der Waals surface area contributed by atoms with Crippen LogP contribution in [0.2, 0.25) is 0 Å². The monoisotopic (exact) mass is 265 g/mol. The molecule has 0 saturated heterocycles. The largest absolute Gasteiger partial charge is 0.296 e. The van der Waals surface area contributed by atoms with E-state index in [0.717, 1.165) is 36.3 Å². The lowest BCUT2D eigenvalue weighted by Crippen LogP contribution is -2.18. The van der Waals surface area contributed by atoms with Gasteiger partial charge < -0.3 is 0 Å². The molecule has 2 rings (SSSR count). The minimum atomic E-state index is 0.744. The van der Waals surface area contributed by atoms with Crippen molar-refractivity contribution >= 4 is 0 Å². The van der Waals surface area contributed by atoms with Gasteiger partial charge in [-0.15, -0.1) is 0 Å². The first kappa shape index (κ1) is 14.2. The van der Waals surface area contributed by atoms with E-state index < -0.39 is 0 Å². The van der Waals surface area contributed by atoms with E-state index >= 15 is 0 Å². The van der Waals surface area contributed by atoms with Crippen LogP contribution in [0.1, 0.15) is 29.3 Å². The average molecular weight is 265 g/mol. The third-order valence-electron chi connectivity index (χ3n) is 3.30. The highest BCUT2D eigenvalue weighted by Gasteiger charge is 2.06. The van der Waals surface area contributed by atoms with Gasteiger partial charge in [0, 0.05) is 19.3 Å². The highest BCUT2D eigenvalue weighted by Crippen LogP contribution is 2.11. The number of hydrogen-bond donors (Lipinski definition) is 0. The number of aryl methyl sites for hydroxylation is 1. The van der Waals surface area contributed by atoms with Gasteiger partial charge >= 0.3 is 0 Å². The molecule has 102 valence electrons. The minimum absolute atomic E-state index is 0.744. The average Bonchev–Trinajstić information content (AvgIpc) is 2.48. The Morgan fingerprint density at radius 3 is 2.60 bits per heavy atom. The SMILES string of the molecule is CCc1ccc(CN(C)Cc2ccccc2C#N)nc1. The second-order valence-electron chi connectivity index (χ2n) is 4.95. The van der Waals surface area contributed by atoms with Gasteiger partial charge in [0.05, 0.1) is 17.3 Å². The summed E-state index contributed by atoms with van der Waals surface area (Å²) in [6.45, 7) is 3.66. The first-order chi connectivity index (χ1) is 9.72. The Bertz CT molecular complexity index is 596. The Kier molecular flexibility index (Phi) is 4.86. The fourth-order valence-corrected chi connectivity index (χ4v) is 2.15. The number of nitriles is 1. The summed E-state index contributed by atoms with van der Waals surface area (Å²) in [5, 5.41) is 9.10. The van der Waals surface area contributed by atoms with Crippen LogP contribution in [0.25, 0.3) is 0 Å². The summed E-state index contributed by atoms with van der Waals surface area (Å²) in [6.07, 6.45) is 2.95. The van der Waals surface area contributed by atoms with E-state index in [9.17, 15) is 0 Å². The van der Waals surface area contributed by atoms with Gasteiger partial charge in [-0.1, -0.05) is 31.2 Å². The van der Waals surface area contributed by atoms with Crippen molar-refractivity contribution in [3.8, 4) is 6.07 Å². The first-order valence-corrected chi connectivity index (χ1v) is 6.83. The molecule has 0 amide bonds. The molecule has 2 aromatic rings. The van der Waals surface area contributed by atoms with Crippen LogP contribution in [0.3, 0.4) is 0 Å². The molecule has 0 saturated carbocycles. The van der Waals surface area contributed by atoms with E-state index in [2.05, 4.69) is 35.0 Å². The molecule has 0 aliphatic heterocycles. The van der Waals surface area contributed by atoms with E-state index in [-0.39, 0.29) is 0 Å². The van der Waals surface area contributed by atoms with Gasteiger partial charge in [-0.2, -0.15) is 5.26 Å². The Balaban J connectivity index is 2.01. The maximum atomic E-state index is 9.10. The van der Waals surface area contributed by atoms with Crippen molar-refractivity contribution in [2.45, 2.75) is 26.4 Å². The fraction of sp³-hybridized carbons (Fsp3) is 0.294. The van der Waals surface area contributed by atoms with Gasteiger partial charge in [-0.3, -0.25) is 9.88 Å². The van der Waals surface area contributed by atoms with Crippen LogP contribution in [-0.2, 0) is 19.5 Å². The smallest absolute Gasteiger partial charge is 0.0995 e. The number of aromatic nitrogens is 1. The summed E-state index contributed by atoms with van der Waals surface area (Å²) < 4.78 is 0. The summed E-state index contributed by atoms with van der Waals surface area (Å²) in [5.41, 5.74) is 4.11. The van der Waals surface area contributed by atoms with Crippen molar-refractivity contribution in [2.24, 2.45) is 0 Å². The second-order valence-corrected chi connectivity index (χ2v) is 4.95. The van der Waals surface area contributed by atoms with Crippen molar-refractivity contribution in [1.29, 1.82) is 5.26 Å². The maximum absolute atomic E-state index is 9.10. The summed E-state index contributed by atoms with van der Waals surface area (Å²) in [7, 11) is 2.05. The lowest BCUT2D eigenvalue weighted by atomic mass is 10.1. The fourth-order valence-electron chi connectivity index (χ4n) is 2.15. The second kappa shape index (κ2) is 6.83. The summed E-state index contributed by atoms with van der Waals surface area (Å²) in [4.78, 5) is 6.64. The summed E-state index contributed by atoms with van der Waals surface area (Å²) in [6, 6.07) is 14.2. The molecule has 0 radical (unpaired) electrons. The van der Waals surface area contributed by atoms with Gasteiger partial charge in [0.1, 0.15) is 0 Å². The molecule has 1 aromatic heterocycles. The van der Waals surface area contributed by atoms with Crippen LogP contribution in [-0.4, -0.2) is 16.9 Å². The quantitative estimate of drug-likeness (QED) is 0.833. The Labute approximate surface area is 120 Å². The maximum Gasteiger partial charge on any atom is 0.0995 e. The Hall–Kier alpha value is -2.18. The van der Waals surface area contributed by atoms with Crippen molar-refractivity contribution in [3.05, 3.63) is 65.0 Å². The van der Waals surface area contributed by atoms with E-state index in [0.29, 0.717) is 0 Å². The molecule has 3 nitrogen and oxygen atoms in total. The summed E-state index contributed by atoms with van der Waals surface area (Å²) in [5.74, 6) is 0. The predicted octanol–water partition coefficient (Wildman–Crippen LogP) is 3.15. The van der Waals surface area contributed by atoms with Gasteiger partial charge in [0.2, 0.25) is 0 Å². The van der Waals surface area contributed by atoms with E-state index in [4.69, 9.17) is 5.26 Å². The predicted molar refractivity (Wildman–Crippen MR) is 79.9 cm³/mol. The third kappa shape index (κ3) is 3.66. The molecule has 0 unspecified atom stereocenters. The molecule has 0 spiro atoms. The van der Waals surface area contributed by atoms with E-state index in [1.165, 1.54) is 5.56 Å². The number of hydrogen-bond acceptors (Lipinski definition) is 3. The normalized spacial score (nSPS) is 10.5. The Morgan fingerprint density at radius 2 is 1.95 bits per heavy atom. The highest BCUT2D eigenvalue weighted by atomic mass is 15.1. The number of nitrogens with zero attached hydrogens (tertiary/aromatic N) is 3. The molecular formula is C17H19N3. The van der Waals surface area contributed by atoms with Crippen molar-refractivity contribution < 1.29 is 0 Å². The molecule has 0 fully saturated rings. The number of benzene rings is 1. The molecule has 3 heteroatoms. The van der Waals surface area contributed by atoms with Gasteiger partial charge in [-0.05, 0) is 36.7 Å². The zero-order valence-electron chi connectivity index (χ0n) is 12.0. The van der Waals surface area contributed by atoms with Crippen LogP contribution in [0.5, 0.6) is 0 Å². The van der Waals surface area contributed by atoms with Crippen molar-refractivity contribution in [1.82, 2.24) is 9.88 Å². The van der Waals surface area contributed by atoms with Gasteiger partial charge in [0.25, 0.3) is 0 Å². The third-order valence-corrected chi connectivity index (χ3v) is 3.30. The molecule has 1 aromatic carbocycles. The molecule has 0 atom stereocenters. The van der Waals surface area contributed by atoms with Crippen LogP contribution in [0.15, 0.2) is 42.6 Å². The molecule has 0 aliphatic carbocycles. The molecule has 0 aliphatic rings. The van der Waals surface area contributed by atoms with Crippen molar-refractivity contribution in [3.63, 3.8) is 0 Å². The first-order valence-electron chi connectivity index (χ1n) is 6.83. The zero-order chi connectivity index (χ0) is 14.4. The molecular weight excluding hydrogens is 246 g/mol. The zero-order valence-corrected chi connectivity index (χ0v) is 12.0. The number of pyridine rings is 1. The highest BCUT2D eigenvalue weighted by molar-refractivity contribution is 5.37. The molecule has 0 N–H and O–H groups in total. The van der Waals surface area contributed by atoms with Crippen LogP contribution < -0.4 is 0 Å². The topological polar surface area (TPSA) is 39.9 Å². The number of rotatable bonds is 5. The Morgan fingerprint density at radius 1 is 1.15 bits per heavy atom. The standard InChI is InChI=1S/C17H19N3/c1-3-14-8-9-17(19-11-14)13-20(2)12-16-7-5-4-6-15(16)10-18/h4-9,11H,3,12-13H2,1-2H3. The molecule has 20 heavy (non-hydrogen) atoms. The van der Waals surface area contributed by atoms with E-state index in [1.54, 1.807) is 0 Å². The van der Waals surface area contributed by atoms with Gasteiger partial charge in [-0.25, -0.2) is 0 Å². The minimum Gasteiger partial charge on any atom is -0.296 e.